The number of halogens is 1. The Labute approximate surface area is 145 Å². The molecule has 1 atom stereocenters. The number of nitrogens with one attached hydrogen (secondary N) is 1. The van der Waals surface area contributed by atoms with E-state index in [0.29, 0.717) is 16.7 Å². The highest BCUT2D eigenvalue weighted by Gasteiger charge is 2.19. The van der Waals surface area contributed by atoms with Crippen LogP contribution in [-0.4, -0.2) is 25.9 Å². The summed E-state index contributed by atoms with van der Waals surface area (Å²) < 4.78 is 1.92. The lowest BCUT2D eigenvalue weighted by atomic mass is 10.2. The highest BCUT2D eigenvalue weighted by Crippen LogP contribution is 2.25. The first-order chi connectivity index (χ1) is 10.9. The van der Waals surface area contributed by atoms with Crippen molar-refractivity contribution in [1.29, 1.82) is 0 Å². The molecule has 0 saturated heterocycles. The van der Waals surface area contributed by atoms with Crippen molar-refractivity contribution in [3.05, 3.63) is 47.3 Å². The zero-order valence-corrected chi connectivity index (χ0v) is 14.9. The van der Waals surface area contributed by atoms with Crippen LogP contribution in [0.5, 0.6) is 0 Å². The third-order valence-corrected chi connectivity index (χ3v) is 4.64. The van der Waals surface area contributed by atoms with Crippen molar-refractivity contribution >= 4 is 35.0 Å². The van der Waals surface area contributed by atoms with E-state index in [1.165, 1.54) is 11.8 Å². The maximum Gasteiger partial charge on any atom is 0.237 e. The summed E-state index contributed by atoms with van der Waals surface area (Å²) in [6.45, 7) is 9.98. The van der Waals surface area contributed by atoms with Crippen LogP contribution in [0.2, 0.25) is 5.02 Å². The third-order valence-electron chi connectivity index (χ3n) is 3.32. The van der Waals surface area contributed by atoms with E-state index in [-0.39, 0.29) is 11.2 Å². The molecule has 2 rings (SSSR count). The van der Waals surface area contributed by atoms with Crippen LogP contribution in [0.15, 0.2) is 36.0 Å². The number of rotatable bonds is 6. The van der Waals surface area contributed by atoms with Gasteiger partial charge in [0.25, 0.3) is 0 Å². The molecule has 0 aliphatic carbocycles. The van der Waals surface area contributed by atoms with Gasteiger partial charge in [-0.25, -0.2) is 0 Å². The monoisotopic (exact) mass is 350 g/mol. The highest BCUT2D eigenvalue weighted by atomic mass is 35.5. The normalized spacial score (nSPS) is 12.0. The molecule has 5 nitrogen and oxygen atoms in total. The van der Waals surface area contributed by atoms with Gasteiger partial charge in [0.2, 0.25) is 5.91 Å². The Morgan fingerprint density at radius 1 is 1.48 bits per heavy atom. The fourth-order valence-electron chi connectivity index (χ4n) is 1.96. The smallest absolute Gasteiger partial charge is 0.237 e. The van der Waals surface area contributed by atoms with Crippen LogP contribution < -0.4 is 5.32 Å². The van der Waals surface area contributed by atoms with Crippen molar-refractivity contribution in [2.75, 3.05) is 5.32 Å². The molecule has 0 aliphatic heterocycles. The molecule has 2 aromatic rings. The van der Waals surface area contributed by atoms with Crippen LogP contribution in [0.4, 0.5) is 5.69 Å². The number of thioether (sulfide) groups is 1. The van der Waals surface area contributed by atoms with Crippen LogP contribution in [0.3, 0.4) is 0 Å². The molecule has 1 N–H and O–H groups in total. The van der Waals surface area contributed by atoms with Gasteiger partial charge in [-0.3, -0.25) is 4.79 Å². The first-order valence-corrected chi connectivity index (χ1v) is 8.42. The number of amides is 1. The van der Waals surface area contributed by atoms with Crippen molar-refractivity contribution in [3.63, 3.8) is 0 Å². The molecular formula is C16H19ClN4OS. The summed E-state index contributed by atoms with van der Waals surface area (Å²) in [4.78, 5) is 12.4. The van der Waals surface area contributed by atoms with E-state index >= 15 is 0 Å². The van der Waals surface area contributed by atoms with Gasteiger partial charge >= 0.3 is 0 Å². The molecule has 0 fully saturated rings. The topological polar surface area (TPSA) is 59.8 Å². The molecule has 122 valence electrons. The summed E-state index contributed by atoms with van der Waals surface area (Å²) in [5.74, 6) is 0.692. The van der Waals surface area contributed by atoms with Gasteiger partial charge in [-0.15, -0.1) is 16.8 Å². The maximum atomic E-state index is 12.4. The Morgan fingerprint density at radius 3 is 2.91 bits per heavy atom. The molecule has 23 heavy (non-hydrogen) atoms. The van der Waals surface area contributed by atoms with E-state index in [4.69, 9.17) is 11.6 Å². The van der Waals surface area contributed by atoms with Gasteiger partial charge in [-0.2, -0.15) is 0 Å². The van der Waals surface area contributed by atoms with Gasteiger partial charge in [0.1, 0.15) is 5.82 Å². The quantitative estimate of drug-likeness (QED) is 0.635. The van der Waals surface area contributed by atoms with Gasteiger partial charge in [0.15, 0.2) is 5.16 Å². The number of aromatic nitrogens is 3. The first kappa shape index (κ1) is 17.6. The lowest BCUT2D eigenvalue weighted by Crippen LogP contribution is -2.23. The molecule has 7 heteroatoms. The lowest BCUT2D eigenvalue weighted by Gasteiger charge is -2.14. The SMILES string of the molecule is C=CCn1c(C)nnc1S[C@H](C)C(=O)Nc1cc(Cl)ccc1C. The number of carbonyl (C=O) groups excluding carboxylic acids is 1. The number of anilines is 1. The lowest BCUT2D eigenvalue weighted by molar-refractivity contribution is -0.115. The van der Waals surface area contributed by atoms with E-state index < -0.39 is 0 Å². The molecule has 1 aromatic carbocycles. The molecule has 1 aromatic heterocycles. The zero-order valence-electron chi connectivity index (χ0n) is 13.3. The highest BCUT2D eigenvalue weighted by molar-refractivity contribution is 8.00. The largest absolute Gasteiger partial charge is 0.325 e. The van der Waals surface area contributed by atoms with Crippen molar-refractivity contribution in [3.8, 4) is 0 Å². The number of hydrogen-bond acceptors (Lipinski definition) is 4. The number of hydrogen-bond donors (Lipinski definition) is 1. The van der Waals surface area contributed by atoms with Crippen LogP contribution in [-0.2, 0) is 11.3 Å². The van der Waals surface area contributed by atoms with Crippen LogP contribution in [0.1, 0.15) is 18.3 Å². The number of allylic oxidation sites excluding steroid dienone is 1. The average molecular weight is 351 g/mol. The van der Waals surface area contributed by atoms with Crippen molar-refractivity contribution in [2.45, 2.75) is 37.7 Å². The molecule has 0 radical (unpaired) electrons. The van der Waals surface area contributed by atoms with Crippen molar-refractivity contribution in [2.24, 2.45) is 0 Å². The Morgan fingerprint density at radius 2 is 2.22 bits per heavy atom. The van der Waals surface area contributed by atoms with Gasteiger partial charge in [-0.05, 0) is 38.5 Å². The molecule has 0 spiro atoms. The number of nitrogens with zero attached hydrogens (tertiary/aromatic N) is 3. The molecule has 1 amide bonds. The summed E-state index contributed by atoms with van der Waals surface area (Å²) in [5.41, 5.74) is 1.68. The minimum Gasteiger partial charge on any atom is -0.325 e. The van der Waals surface area contributed by atoms with E-state index in [1.54, 1.807) is 18.2 Å². The van der Waals surface area contributed by atoms with E-state index in [1.807, 2.05) is 31.4 Å². The summed E-state index contributed by atoms with van der Waals surface area (Å²) in [5, 5.41) is 12.1. The number of aryl methyl sites for hydroxylation is 2. The predicted molar refractivity (Wildman–Crippen MR) is 95.1 cm³/mol. The zero-order chi connectivity index (χ0) is 17.0. The minimum absolute atomic E-state index is 0.105. The summed E-state index contributed by atoms with van der Waals surface area (Å²) >= 11 is 7.35. The van der Waals surface area contributed by atoms with E-state index in [0.717, 1.165) is 17.1 Å². The van der Waals surface area contributed by atoms with Crippen molar-refractivity contribution in [1.82, 2.24) is 14.8 Å². The Balaban J connectivity index is 2.08. The summed E-state index contributed by atoms with van der Waals surface area (Å²) in [7, 11) is 0. The Kier molecular flexibility index (Phi) is 5.85. The van der Waals surface area contributed by atoms with Gasteiger partial charge in [-0.1, -0.05) is 35.5 Å². The molecule has 0 saturated carbocycles. The van der Waals surface area contributed by atoms with Crippen LogP contribution in [0, 0.1) is 13.8 Å². The standard InChI is InChI=1S/C16H19ClN4OS/c1-5-8-21-12(4)19-20-16(21)23-11(3)15(22)18-14-9-13(17)7-6-10(14)2/h5-7,9,11H,1,8H2,2-4H3,(H,18,22)/t11-/m1/s1. The first-order valence-electron chi connectivity index (χ1n) is 7.16. The molecule has 0 aliphatic rings. The third kappa shape index (κ3) is 4.36. The Hall–Kier alpha value is -1.79. The Bertz CT molecular complexity index is 729. The van der Waals surface area contributed by atoms with Crippen LogP contribution >= 0.6 is 23.4 Å². The molecule has 0 unspecified atom stereocenters. The number of carbonyl (C=O) groups is 1. The molecule has 1 heterocycles. The second-order valence-corrected chi connectivity index (χ2v) is 6.88. The average Bonchev–Trinajstić information content (AvgIpc) is 2.84. The van der Waals surface area contributed by atoms with E-state index in [9.17, 15) is 4.79 Å². The van der Waals surface area contributed by atoms with E-state index in [2.05, 4.69) is 22.1 Å². The van der Waals surface area contributed by atoms with Crippen LogP contribution in [0.25, 0.3) is 0 Å². The van der Waals surface area contributed by atoms with Gasteiger partial charge in [0, 0.05) is 17.3 Å². The number of benzene rings is 1. The maximum absolute atomic E-state index is 12.4. The predicted octanol–water partition coefficient (Wildman–Crippen LogP) is 3.85. The fraction of sp³-hybridized carbons (Fsp3) is 0.312. The van der Waals surface area contributed by atoms with Crippen molar-refractivity contribution < 1.29 is 4.79 Å². The van der Waals surface area contributed by atoms with Gasteiger partial charge in [0.05, 0.1) is 5.25 Å². The van der Waals surface area contributed by atoms with Gasteiger partial charge < -0.3 is 9.88 Å². The molecular weight excluding hydrogens is 332 g/mol. The summed E-state index contributed by atoms with van der Waals surface area (Å²) in [6, 6.07) is 5.42. The second-order valence-electron chi connectivity index (χ2n) is 5.14. The summed E-state index contributed by atoms with van der Waals surface area (Å²) in [6.07, 6.45) is 1.78. The minimum atomic E-state index is -0.319. The fourth-order valence-corrected chi connectivity index (χ4v) is 3.04. The second kappa shape index (κ2) is 7.66. The molecule has 0 bridgehead atoms.